The Labute approximate surface area is 422 Å². The minimum atomic E-state index is -4.64. The second kappa shape index (κ2) is 26.7. The first-order chi connectivity index (χ1) is 33.0. The predicted molar refractivity (Wildman–Crippen MR) is 250 cm³/mol. The van der Waals surface area contributed by atoms with Crippen LogP contribution >= 0.6 is 0 Å². The van der Waals surface area contributed by atoms with Gasteiger partial charge in [-0.3, -0.25) is 43.2 Å². The van der Waals surface area contributed by atoms with Crippen LogP contribution in [0.1, 0.15) is 169 Å². The molecular formula is C50H79NO21. The van der Waals surface area contributed by atoms with E-state index in [4.69, 9.17) is 42.9 Å². The number of carbonyl (C=O) groups is 11. The average Bonchev–Trinajstić information content (AvgIpc) is 3.27. The van der Waals surface area contributed by atoms with Crippen LogP contribution in [0.15, 0.2) is 0 Å². The smallest absolute Gasteiger partial charge is 0.481 e. The molecule has 0 aromatic rings. The Morgan fingerprint density at radius 3 is 1.07 bits per heavy atom. The lowest BCUT2D eigenvalue weighted by Crippen LogP contribution is -2.80. The number of nitrogens with one attached hydrogen (secondary N) is 1. The Bertz CT molecular complexity index is 1790. The van der Waals surface area contributed by atoms with Crippen molar-refractivity contribution >= 4 is 65.6 Å². The van der Waals surface area contributed by atoms with E-state index in [2.05, 4.69) is 5.32 Å². The summed E-state index contributed by atoms with van der Waals surface area (Å²) in [6.45, 7) is 21.4. The molecule has 0 aromatic carbocycles. The summed E-state index contributed by atoms with van der Waals surface area (Å²) in [5.41, 5.74) is -7.84. The number of ether oxygens (including phenoxy) is 7. The van der Waals surface area contributed by atoms with Crippen molar-refractivity contribution in [1.82, 2.24) is 5.32 Å². The van der Waals surface area contributed by atoms with Crippen molar-refractivity contribution in [2.75, 3.05) is 6.54 Å². The largest absolute Gasteiger partial charge is 0.491 e. The number of rotatable bonds is 26. The van der Waals surface area contributed by atoms with Crippen molar-refractivity contribution in [2.24, 2.45) is 58.2 Å². The van der Waals surface area contributed by atoms with Gasteiger partial charge in [-0.15, -0.1) is 0 Å². The van der Waals surface area contributed by atoms with Crippen molar-refractivity contribution in [1.29, 1.82) is 0 Å². The molecule has 0 aliphatic heterocycles. The number of carboxylic acid groups (broad SMARTS) is 1. The van der Waals surface area contributed by atoms with Gasteiger partial charge in [0.05, 0.1) is 47.8 Å². The van der Waals surface area contributed by atoms with Crippen molar-refractivity contribution < 1.29 is 101 Å². The molecule has 1 unspecified atom stereocenters. The summed E-state index contributed by atoms with van der Waals surface area (Å²) in [5.74, 6) is -35.7. The molecule has 1 saturated carbocycles. The Kier molecular flexibility index (Phi) is 23.8. The molecule has 72 heavy (non-hydrogen) atoms. The zero-order valence-corrected chi connectivity index (χ0v) is 45.1. The molecule has 0 bridgehead atoms. The fourth-order valence-corrected chi connectivity index (χ4v) is 6.54. The molecule has 0 spiro atoms. The first-order valence-electron chi connectivity index (χ1n) is 24.5. The zero-order valence-electron chi connectivity index (χ0n) is 45.1. The molecule has 1 atom stereocenters. The van der Waals surface area contributed by atoms with Gasteiger partial charge in [0.2, 0.25) is 5.91 Å². The van der Waals surface area contributed by atoms with Crippen LogP contribution in [0.4, 0.5) is 0 Å². The summed E-state index contributed by atoms with van der Waals surface area (Å²) >= 11 is 0. The second-order valence-electron chi connectivity index (χ2n) is 21.1. The van der Waals surface area contributed by atoms with Gasteiger partial charge in [-0.2, -0.15) is 0 Å². The van der Waals surface area contributed by atoms with E-state index in [0.717, 1.165) is 13.3 Å². The third-order valence-corrected chi connectivity index (χ3v) is 11.5. The molecule has 410 valence electrons. The average molecular weight is 1030 g/mol. The predicted octanol–water partition coefficient (Wildman–Crippen LogP) is 6.41. The number of carbonyl (C=O) groups excluding carboxylic acids is 10. The Morgan fingerprint density at radius 2 is 0.778 bits per heavy atom. The molecular weight excluding hydrogens is 951 g/mol. The Hall–Kier alpha value is -5.83. The van der Waals surface area contributed by atoms with Crippen LogP contribution in [0.25, 0.3) is 0 Å². The number of amides is 1. The highest BCUT2D eigenvalue weighted by molar-refractivity contribution is 6.02. The van der Waals surface area contributed by atoms with E-state index < -0.39 is 135 Å². The van der Waals surface area contributed by atoms with E-state index in [-0.39, 0.29) is 31.7 Å². The van der Waals surface area contributed by atoms with E-state index in [0.29, 0.717) is 25.7 Å². The molecule has 1 fully saturated rings. The fourth-order valence-electron chi connectivity index (χ4n) is 6.54. The molecule has 1 aliphatic carbocycles. The van der Waals surface area contributed by atoms with Gasteiger partial charge in [-0.25, -0.2) is 19.4 Å². The van der Waals surface area contributed by atoms with Gasteiger partial charge in [-0.05, 0) is 43.9 Å². The van der Waals surface area contributed by atoms with Gasteiger partial charge in [0.15, 0.2) is 0 Å². The standard InChI is InChI=1S/C50H79NO21/c1-27(2)21-24-46(17,43(61)51-26-47(25-35(52)53)22-19-18-20-23-47)44(62)71-72-45(63)48(64-36(54)28(3)4,49(65-37(55)29(5)6,66-38(56)30(7)8)67-39(57)31(9)10)50(68-40(58)32(11)12,69-41(59)33(13)14)70-42(60)34(15)16/h27-34H,18-26H2,1-17H3,(H,51,61)(H,52,53). The topological polar surface area (TPSA) is 303 Å². The molecule has 0 radical (unpaired) electrons. The zero-order chi connectivity index (χ0) is 55.9. The molecule has 1 amide bonds. The number of aliphatic carboxylic acids is 1. The van der Waals surface area contributed by atoms with Gasteiger partial charge in [0.1, 0.15) is 5.41 Å². The molecule has 1 rings (SSSR count). The fraction of sp³-hybridized carbons (Fsp3) is 0.780. The first kappa shape index (κ1) is 64.2. The Balaban J connectivity index is 4.89. The third kappa shape index (κ3) is 16.3. The van der Waals surface area contributed by atoms with E-state index in [1.165, 1.54) is 96.9 Å². The lowest BCUT2D eigenvalue weighted by Gasteiger charge is -2.48. The van der Waals surface area contributed by atoms with E-state index >= 15 is 4.79 Å². The monoisotopic (exact) mass is 1030 g/mol. The minimum absolute atomic E-state index is 0.151. The third-order valence-electron chi connectivity index (χ3n) is 11.5. The highest BCUT2D eigenvalue weighted by Gasteiger charge is 2.89. The van der Waals surface area contributed by atoms with Crippen molar-refractivity contribution in [2.45, 2.75) is 187 Å². The van der Waals surface area contributed by atoms with Crippen LogP contribution in [0.2, 0.25) is 0 Å². The maximum atomic E-state index is 15.9. The maximum Gasteiger partial charge on any atom is 0.491 e. The van der Waals surface area contributed by atoms with Gasteiger partial charge in [-0.1, -0.05) is 130 Å². The first-order valence-corrected chi connectivity index (χ1v) is 24.5. The summed E-state index contributed by atoms with van der Waals surface area (Å²) < 4.78 is 40.2. The molecule has 0 saturated heterocycles. The summed E-state index contributed by atoms with van der Waals surface area (Å²) in [4.78, 5) is 167. The lowest BCUT2D eigenvalue weighted by atomic mass is 9.71. The Morgan fingerprint density at radius 1 is 0.472 bits per heavy atom. The number of carboxylic acids is 1. The lowest BCUT2D eigenvalue weighted by molar-refractivity contribution is -0.479. The summed E-state index contributed by atoms with van der Waals surface area (Å²) in [6, 6.07) is 0. The van der Waals surface area contributed by atoms with Crippen molar-refractivity contribution in [3.8, 4) is 0 Å². The van der Waals surface area contributed by atoms with Crippen LogP contribution in [0, 0.1) is 58.2 Å². The highest BCUT2D eigenvalue weighted by Crippen LogP contribution is 2.49. The normalized spacial score (nSPS) is 14.9. The maximum absolute atomic E-state index is 15.9. The van der Waals surface area contributed by atoms with Crippen LogP contribution in [-0.2, 0) is 95.7 Å². The molecule has 0 heterocycles. The number of esters is 7. The van der Waals surface area contributed by atoms with Crippen LogP contribution < -0.4 is 5.32 Å². The molecule has 1 aliphatic rings. The van der Waals surface area contributed by atoms with Gasteiger partial charge < -0.3 is 43.6 Å². The van der Waals surface area contributed by atoms with Crippen molar-refractivity contribution in [3.63, 3.8) is 0 Å². The molecule has 0 aromatic heterocycles. The van der Waals surface area contributed by atoms with Crippen LogP contribution in [0.5, 0.6) is 0 Å². The highest BCUT2D eigenvalue weighted by atomic mass is 17.2. The van der Waals surface area contributed by atoms with Gasteiger partial charge >= 0.3 is 77.2 Å². The van der Waals surface area contributed by atoms with E-state index in [9.17, 15) is 53.1 Å². The van der Waals surface area contributed by atoms with Crippen molar-refractivity contribution in [3.05, 3.63) is 0 Å². The number of hydrogen-bond donors (Lipinski definition) is 2. The molecule has 22 heteroatoms. The summed E-state index contributed by atoms with van der Waals surface area (Å²) in [5, 5.41) is 12.5. The number of hydrogen-bond acceptors (Lipinski definition) is 20. The van der Waals surface area contributed by atoms with Crippen LogP contribution in [-0.4, -0.2) is 94.8 Å². The summed E-state index contributed by atoms with van der Waals surface area (Å²) in [7, 11) is 0. The summed E-state index contributed by atoms with van der Waals surface area (Å²) in [6.07, 6.45) is 2.62. The molecule has 2 N–H and O–H groups in total. The minimum Gasteiger partial charge on any atom is -0.481 e. The molecule has 22 nitrogen and oxygen atoms in total. The van der Waals surface area contributed by atoms with Crippen LogP contribution in [0.3, 0.4) is 0 Å². The quantitative estimate of drug-likeness (QED) is 0.0236. The van der Waals surface area contributed by atoms with E-state index in [1.807, 2.05) is 0 Å². The van der Waals surface area contributed by atoms with E-state index in [1.54, 1.807) is 13.8 Å². The van der Waals surface area contributed by atoms with Gasteiger partial charge in [0.25, 0.3) is 0 Å². The van der Waals surface area contributed by atoms with Gasteiger partial charge in [0, 0.05) is 6.54 Å². The SMILES string of the molecule is CC(C)CCC(C)(C(=O)NCC1(CC(=O)O)CCCCC1)C(=O)OOC(=O)C(OC(=O)C(C)C)(C(OC(=O)C(C)C)(OC(=O)C(C)C)OC(=O)C(C)C)C(OC(=O)C(C)C)(OC(=O)C(C)C)OC(=O)C(C)C. The second-order valence-corrected chi connectivity index (χ2v) is 21.1.